The van der Waals surface area contributed by atoms with Crippen LogP contribution in [-0.2, 0) is 9.47 Å². The van der Waals surface area contributed by atoms with E-state index in [1.54, 1.807) is 9.80 Å². The van der Waals surface area contributed by atoms with Crippen molar-refractivity contribution in [3.05, 3.63) is 15.9 Å². The first-order valence-corrected chi connectivity index (χ1v) is 17.8. The number of hydrogen-bond acceptors (Lipinski definition) is 14. The number of aromatic nitrogens is 6. The van der Waals surface area contributed by atoms with Crippen molar-refractivity contribution in [3.8, 4) is 6.01 Å². The molecule has 5 heterocycles. The van der Waals surface area contributed by atoms with Crippen LogP contribution in [0.1, 0.15) is 61.3 Å². The Hall–Kier alpha value is -3.21. The van der Waals surface area contributed by atoms with Gasteiger partial charge in [-0.15, -0.1) is 0 Å². The number of anilines is 2. The van der Waals surface area contributed by atoms with Crippen molar-refractivity contribution >= 4 is 58.9 Å². The van der Waals surface area contributed by atoms with Gasteiger partial charge in [-0.25, -0.2) is 9.59 Å². The van der Waals surface area contributed by atoms with Crippen LogP contribution in [0, 0.1) is 0 Å². The van der Waals surface area contributed by atoms with E-state index in [1.807, 2.05) is 58.3 Å². The van der Waals surface area contributed by atoms with E-state index in [0.29, 0.717) is 70.3 Å². The summed E-state index contributed by atoms with van der Waals surface area (Å²) in [5.41, 5.74) is -1.00. The number of carbonyl (C=O) groups excluding carboxylic acids is 2. The van der Waals surface area contributed by atoms with Gasteiger partial charge in [0.15, 0.2) is 0 Å². The minimum atomic E-state index is -0.508. The van der Waals surface area contributed by atoms with E-state index in [-0.39, 0.29) is 40.2 Å². The Kier molecular flexibility index (Phi) is 13.4. The molecular formula is C31H48Cl3N11O5. The topological polar surface area (TPSA) is 155 Å². The van der Waals surface area contributed by atoms with Gasteiger partial charge in [0, 0.05) is 58.4 Å². The maximum Gasteiger partial charge on any atom is 0.410 e. The summed E-state index contributed by atoms with van der Waals surface area (Å²) < 4.78 is 16.8. The van der Waals surface area contributed by atoms with E-state index in [0.717, 1.165) is 13.0 Å². The van der Waals surface area contributed by atoms with Gasteiger partial charge in [0.05, 0.1) is 0 Å². The quantitative estimate of drug-likeness (QED) is 0.414. The van der Waals surface area contributed by atoms with E-state index in [9.17, 15) is 9.59 Å². The molecule has 0 spiro atoms. The second-order valence-electron chi connectivity index (χ2n) is 14.3. The van der Waals surface area contributed by atoms with Gasteiger partial charge in [0.25, 0.3) is 0 Å². The fraction of sp³-hybridized carbons (Fsp3) is 0.742. The van der Waals surface area contributed by atoms with Crippen molar-refractivity contribution in [2.45, 2.75) is 84.7 Å². The summed E-state index contributed by atoms with van der Waals surface area (Å²) in [6.07, 6.45) is 1.60. The monoisotopic (exact) mass is 759 g/mol. The van der Waals surface area contributed by atoms with Crippen LogP contribution in [0.3, 0.4) is 0 Å². The van der Waals surface area contributed by atoms with Crippen molar-refractivity contribution in [1.29, 1.82) is 0 Å². The number of likely N-dealkylation sites (N-methyl/N-ethyl adjacent to an activating group) is 1. The molecule has 3 aliphatic heterocycles. The number of piperazine rings is 2. The van der Waals surface area contributed by atoms with E-state index in [1.165, 1.54) is 6.42 Å². The lowest BCUT2D eigenvalue weighted by Crippen LogP contribution is -2.50. The highest BCUT2D eigenvalue weighted by molar-refractivity contribution is 6.31. The number of halogens is 3. The maximum atomic E-state index is 12.2. The van der Waals surface area contributed by atoms with Gasteiger partial charge in [-0.3, -0.25) is 4.90 Å². The van der Waals surface area contributed by atoms with Crippen LogP contribution in [0.25, 0.3) is 0 Å². The van der Waals surface area contributed by atoms with Crippen molar-refractivity contribution in [1.82, 2.24) is 44.6 Å². The first-order chi connectivity index (χ1) is 23.4. The molecule has 0 unspecified atom stereocenters. The van der Waals surface area contributed by atoms with Gasteiger partial charge < -0.3 is 33.8 Å². The van der Waals surface area contributed by atoms with E-state index in [2.05, 4.69) is 41.9 Å². The van der Waals surface area contributed by atoms with Gasteiger partial charge >= 0.3 is 18.2 Å². The second-order valence-corrected chi connectivity index (χ2v) is 15.3. The first-order valence-electron chi connectivity index (χ1n) is 16.7. The fourth-order valence-electron chi connectivity index (χ4n) is 5.58. The molecule has 2 atom stereocenters. The van der Waals surface area contributed by atoms with Crippen LogP contribution in [0.15, 0.2) is 0 Å². The van der Waals surface area contributed by atoms with Crippen LogP contribution in [-0.4, -0.2) is 146 Å². The molecule has 0 aromatic carbocycles. The Morgan fingerprint density at radius 2 is 1.08 bits per heavy atom. The predicted octanol–water partition coefficient (Wildman–Crippen LogP) is 4.68. The standard InChI is InChI=1S/C19H31ClN6O3.C12H17Cl2N5O2/c1-13(14-7-6-8-24(14)5)28-17-22-15(20)21-16(23-17)25-9-11-26(12-10-25)18(27)29-19(2,3)4;1-12(2,3)21-11(20)19-6-4-18(5-7-19)10-16-8(13)15-9(14)17-10/h13-14H,6-12H2,1-5H3;4-7H2,1-3H3/t13-,14-;/m0./s1. The normalized spacial score (nSPS) is 19.5. The molecule has 3 saturated heterocycles. The molecule has 0 saturated carbocycles. The molecule has 0 aliphatic carbocycles. The summed E-state index contributed by atoms with van der Waals surface area (Å²) in [7, 11) is 2.10. The number of nitrogens with zero attached hydrogens (tertiary/aromatic N) is 11. The van der Waals surface area contributed by atoms with Crippen LogP contribution in [0.2, 0.25) is 15.9 Å². The molecule has 278 valence electrons. The SMILES string of the molecule is CC(C)(C)OC(=O)N1CCN(c2nc(Cl)nc(Cl)n2)CC1.C[C@H](Oc1nc(Cl)nc(N2CCN(C(=O)OC(C)(C)C)CC2)n1)[C@@H]1CCCN1C. The zero-order valence-electron chi connectivity index (χ0n) is 30.0. The van der Waals surface area contributed by atoms with E-state index in [4.69, 9.17) is 49.0 Å². The van der Waals surface area contributed by atoms with Crippen LogP contribution in [0.5, 0.6) is 6.01 Å². The number of rotatable bonds is 5. The minimum absolute atomic E-state index is 0.0437. The van der Waals surface area contributed by atoms with Gasteiger partial charge in [0.2, 0.25) is 27.7 Å². The van der Waals surface area contributed by atoms with E-state index >= 15 is 0 Å². The molecule has 19 heteroatoms. The van der Waals surface area contributed by atoms with E-state index < -0.39 is 11.2 Å². The zero-order valence-corrected chi connectivity index (χ0v) is 32.3. The molecule has 2 aromatic heterocycles. The Balaban J connectivity index is 0.000000237. The zero-order chi connectivity index (χ0) is 36.8. The molecule has 5 rings (SSSR count). The third kappa shape index (κ3) is 11.9. The van der Waals surface area contributed by atoms with Crippen molar-refractivity contribution < 1.29 is 23.8 Å². The lowest BCUT2D eigenvalue weighted by Gasteiger charge is -2.35. The third-order valence-corrected chi connectivity index (χ3v) is 8.49. The Morgan fingerprint density at radius 1 is 0.660 bits per heavy atom. The number of ether oxygens (including phenoxy) is 3. The molecule has 50 heavy (non-hydrogen) atoms. The van der Waals surface area contributed by atoms with Crippen molar-refractivity contribution in [2.75, 3.05) is 75.8 Å². The summed E-state index contributed by atoms with van der Waals surface area (Å²) in [5, 5.41) is 0.214. The predicted molar refractivity (Wildman–Crippen MR) is 190 cm³/mol. The van der Waals surface area contributed by atoms with Crippen molar-refractivity contribution in [2.24, 2.45) is 0 Å². The average Bonchev–Trinajstić information content (AvgIpc) is 3.45. The van der Waals surface area contributed by atoms with Gasteiger partial charge in [-0.2, -0.15) is 29.9 Å². The Morgan fingerprint density at radius 3 is 1.48 bits per heavy atom. The first kappa shape index (κ1) is 39.6. The lowest BCUT2D eigenvalue weighted by atomic mass is 10.1. The highest BCUT2D eigenvalue weighted by atomic mass is 35.5. The highest BCUT2D eigenvalue weighted by Gasteiger charge is 2.31. The van der Waals surface area contributed by atoms with Gasteiger partial charge in [-0.05, 0) is 110 Å². The molecular weight excluding hydrogens is 713 g/mol. The number of amides is 2. The summed E-state index contributed by atoms with van der Waals surface area (Å²) in [6.45, 7) is 18.6. The second kappa shape index (κ2) is 16.9. The van der Waals surface area contributed by atoms with Crippen LogP contribution < -0.4 is 14.5 Å². The number of likely N-dealkylation sites (tertiary alicyclic amines) is 1. The number of carbonyl (C=O) groups is 2. The van der Waals surface area contributed by atoms with Gasteiger partial charge in [-0.1, -0.05) is 0 Å². The summed E-state index contributed by atoms with van der Waals surface area (Å²) in [6, 6.07) is 0.578. The summed E-state index contributed by atoms with van der Waals surface area (Å²) in [4.78, 5) is 58.4. The molecule has 3 aliphatic rings. The molecule has 2 amide bonds. The van der Waals surface area contributed by atoms with Gasteiger partial charge in [0.1, 0.15) is 17.3 Å². The summed E-state index contributed by atoms with van der Waals surface area (Å²) in [5.74, 6) is 0.889. The lowest BCUT2D eigenvalue weighted by molar-refractivity contribution is 0.0229. The molecule has 3 fully saturated rings. The van der Waals surface area contributed by atoms with Crippen LogP contribution >= 0.6 is 34.8 Å². The maximum absolute atomic E-state index is 12.2. The fourth-order valence-corrected chi connectivity index (χ4v) is 6.08. The Bertz CT molecular complexity index is 1440. The summed E-state index contributed by atoms with van der Waals surface area (Å²) >= 11 is 17.7. The smallest absolute Gasteiger partial charge is 0.410 e. The average molecular weight is 761 g/mol. The third-order valence-electron chi connectivity index (χ3n) is 7.98. The highest BCUT2D eigenvalue weighted by Crippen LogP contribution is 2.24. The molecule has 2 aromatic rings. The Labute approximate surface area is 308 Å². The minimum Gasteiger partial charge on any atom is -0.459 e. The van der Waals surface area contributed by atoms with Crippen molar-refractivity contribution in [3.63, 3.8) is 0 Å². The van der Waals surface area contributed by atoms with Crippen LogP contribution in [0.4, 0.5) is 21.5 Å². The number of hydrogen-bond donors (Lipinski definition) is 0. The largest absolute Gasteiger partial charge is 0.459 e. The molecule has 0 radical (unpaired) electrons. The molecule has 0 N–H and O–H groups in total. The molecule has 0 bridgehead atoms. The molecule has 16 nitrogen and oxygen atoms in total.